The molecule has 0 unspecified atom stereocenters. The lowest BCUT2D eigenvalue weighted by Gasteiger charge is -2.02. The van der Waals surface area contributed by atoms with Gasteiger partial charge < -0.3 is 10.1 Å². The van der Waals surface area contributed by atoms with Crippen molar-refractivity contribution in [2.24, 2.45) is 0 Å². The molecule has 1 heterocycles. The molecular formula is C7H13N3OS. The van der Waals surface area contributed by atoms with Crippen molar-refractivity contribution in [3.63, 3.8) is 0 Å². The predicted molar refractivity (Wildman–Crippen MR) is 48.4 cm³/mol. The first-order valence-corrected chi connectivity index (χ1v) is 4.67. The van der Waals surface area contributed by atoms with Gasteiger partial charge in [0.05, 0.1) is 6.10 Å². The summed E-state index contributed by atoms with van der Waals surface area (Å²) in [5, 5.41) is 12.4. The second-order valence-corrected chi connectivity index (χ2v) is 3.68. The zero-order valence-electron chi connectivity index (χ0n) is 7.50. The lowest BCUT2D eigenvalue weighted by molar-refractivity contribution is 0.239. The third-order valence-electron chi connectivity index (χ3n) is 1.11. The highest BCUT2D eigenvalue weighted by Crippen LogP contribution is 2.18. The third kappa shape index (κ3) is 2.75. The fourth-order valence-corrected chi connectivity index (χ4v) is 1.53. The average molecular weight is 187 g/mol. The van der Waals surface area contributed by atoms with Crippen molar-refractivity contribution in [2.45, 2.75) is 26.5 Å². The van der Waals surface area contributed by atoms with Gasteiger partial charge in [-0.1, -0.05) is 16.4 Å². The number of aromatic nitrogens is 2. The largest absolute Gasteiger partial charge is 0.466 e. The molecule has 0 fully saturated rings. The van der Waals surface area contributed by atoms with Crippen LogP contribution in [-0.2, 0) is 6.54 Å². The molecule has 5 heteroatoms. The molecule has 0 aliphatic heterocycles. The second-order valence-electron chi connectivity index (χ2n) is 2.66. The Bertz CT molecular complexity index is 236. The summed E-state index contributed by atoms with van der Waals surface area (Å²) in [5.41, 5.74) is 0. The first kappa shape index (κ1) is 9.41. The number of rotatable bonds is 4. The molecule has 0 aliphatic rings. The summed E-state index contributed by atoms with van der Waals surface area (Å²) in [5.74, 6) is 0. The summed E-state index contributed by atoms with van der Waals surface area (Å²) in [6.07, 6.45) is 0.167. The Morgan fingerprint density at radius 2 is 2.25 bits per heavy atom. The maximum absolute atomic E-state index is 5.36. The van der Waals surface area contributed by atoms with Crippen LogP contribution in [0.3, 0.4) is 0 Å². The Morgan fingerprint density at radius 1 is 1.50 bits per heavy atom. The van der Waals surface area contributed by atoms with Crippen molar-refractivity contribution in [2.75, 3.05) is 7.05 Å². The van der Waals surface area contributed by atoms with Gasteiger partial charge in [0.2, 0.25) is 0 Å². The Hall–Kier alpha value is -0.680. The van der Waals surface area contributed by atoms with Gasteiger partial charge in [-0.25, -0.2) is 0 Å². The van der Waals surface area contributed by atoms with Crippen LogP contribution in [0.25, 0.3) is 0 Å². The first-order valence-electron chi connectivity index (χ1n) is 3.86. The van der Waals surface area contributed by atoms with E-state index < -0.39 is 0 Å². The van der Waals surface area contributed by atoms with Gasteiger partial charge in [-0.05, 0) is 20.9 Å². The summed E-state index contributed by atoms with van der Waals surface area (Å²) in [7, 11) is 1.88. The quantitative estimate of drug-likeness (QED) is 0.765. The highest BCUT2D eigenvalue weighted by atomic mass is 32.1. The highest BCUT2D eigenvalue weighted by molar-refractivity contribution is 7.13. The van der Waals surface area contributed by atoms with Crippen LogP contribution < -0.4 is 10.1 Å². The van der Waals surface area contributed by atoms with Gasteiger partial charge in [0.25, 0.3) is 5.19 Å². The number of nitrogens with zero attached hydrogens (tertiary/aromatic N) is 2. The van der Waals surface area contributed by atoms with Crippen LogP contribution in [0.5, 0.6) is 5.19 Å². The molecule has 68 valence electrons. The van der Waals surface area contributed by atoms with Crippen LogP contribution in [0, 0.1) is 0 Å². The minimum atomic E-state index is 0.167. The van der Waals surface area contributed by atoms with Crippen LogP contribution in [0.1, 0.15) is 18.9 Å². The summed E-state index contributed by atoms with van der Waals surface area (Å²) >= 11 is 1.48. The Kier molecular flexibility index (Phi) is 3.43. The van der Waals surface area contributed by atoms with Crippen molar-refractivity contribution < 1.29 is 4.74 Å². The van der Waals surface area contributed by atoms with E-state index in [1.54, 1.807) is 0 Å². The minimum absolute atomic E-state index is 0.167. The van der Waals surface area contributed by atoms with Crippen LogP contribution >= 0.6 is 11.3 Å². The summed E-state index contributed by atoms with van der Waals surface area (Å²) < 4.78 is 5.36. The fourth-order valence-electron chi connectivity index (χ4n) is 0.710. The summed E-state index contributed by atoms with van der Waals surface area (Å²) in [6, 6.07) is 0. The van der Waals surface area contributed by atoms with E-state index in [1.807, 2.05) is 20.9 Å². The molecule has 4 nitrogen and oxygen atoms in total. The highest BCUT2D eigenvalue weighted by Gasteiger charge is 2.04. The van der Waals surface area contributed by atoms with Crippen molar-refractivity contribution in [3.05, 3.63) is 5.01 Å². The monoisotopic (exact) mass is 187 g/mol. The molecule has 0 aliphatic carbocycles. The van der Waals surface area contributed by atoms with E-state index in [2.05, 4.69) is 15.5 Å². The number of hydrogen-bond acceptors (Lipinski definition) is 5. The van der Waals surface area contributed by atoms with Gasteiger partial charge in [-0.3, -0.25) is 0 Å². The van der Waals surface area contributed by atoms with E-state index in [0.717, 1.165) is 11.6 Å². The van der Waals surface area contributed by atoms with E-state index >= 15 is 0 Å². The van der Waals surface area contributed by atoms with Crippen LogP contribution in [0.2, 0.25) is 0 Å². The van der Waals surface area contributed by atoms with E-state index in [4.69, 9.17) is 4.74 Å². The van der Waals surface area contributed by atoms with E-state index in [-0.39, 0.29) is 6.10 Å². The lowest BCUT2D eigenvalue weighted by Crippen LogP contribution is -2.04. The molecule has 0 atom stereocenters. The molecule has 0 aromatic carbocycles. The summed E-state index contributed by atoms with van der Waals surface area (Å²) in [4.78, 5) is 0. The SMILES string of the molecule is CNCc1nnc(OC(C)C)s1. The van der Waals surface area contributed by atoms with Gasteiger partial charge >= 0.3 is 0 Å². The number of nitrogens with one attached hydrogen (secondary N) is 1. The van der Waals surface area contributed by atoms with Crippen LogP contribution in [-0.4, -0.2) is 23.3 Å². The molecule has 1 aromatic heterocycles. The molecule has 1 N–H and O–H groups in total. The van der Waals surface area contributed by atoms with Gasteiger partial charge in [0.15, 0.2) is 0 Å². The second kappa shape index (κ2) is 4.37. The third-order valence-corrected chi connectivity index (χ3v) is 1.93. The molecule has 0 amide bonds. The summed E-state index contributed by atoms with van der Waals surface area (Å²) in [6.45, 7) is 4.69. The van der Waals surface area contributed by atoms with Crippen LogP contribution in [0.15, 0.2) is 0 Å². The zero-order valence-corrected chi connectivity index (χ0v) is 8.31. The lowest BCUT2D eigenvalue weighted by atomic mass is 10.5. The Labute approximate surface area is 76.0 Å². The van der Waals surface area contributed by atoms with Gasteiger partial charge in [0, 0.05) is 6.54 Å². The van der Waals surface area contributed by atoms with E-state index in [9.17, 15) is 0 Å². The van der Waals surface area contributed by atoms with Crippen molar-refractivity contribution >= 4 is 11.3 Å². The van der Waals surface area contributed by atoms with E-state index in [1.165, 1.54) is 11.3 Å². The fraction of sp³-hybridized carbons (Fsp3) is 0.714. The standard InChI is InChI=1S/C7H13N3OS/c1-5(2)11-7-10-9-6(12-7)4-8-3/h5,8H,4H2,1-3H3. The Morgan fingerprint density at radius 3 is 2.83 bits per heavy atom. The smallest absolute Gasteiger partial charge is 0.294 e. The number of ether oxygens (including phenoxy) is 1. The van der Waals surface area contributed by atoms with Gasteiger partial charge in [-0.2, -0.15) is 0 Å². The average Bonchev–Trinajstić information content (AvgIpc) is 2.36. The van der Waals surface area contributed by atoms with Crippen LogP contribution in [0.4, 0.5) is 0 Å². The normalized spacial score (nSPS) is 10.7. The molecule has 0 radical (unpaired) electrons. The molecular weight excluding hydrogens is 174 g/mol. The molecule has 0 saturated heterocycles. The maximum Gasteiger partial charge on any atom is 0.294 e. The molecule has 0 bridgehead atoms. The van der Waals surface area contributed by atoms with Crippen molar-refractivity contribution in [1.82, 2.24) is 15.5 Å². The van der Waals surface area contributed by atoms with Gasteiger partial charge in [-0.15, -0.1) is 5.10 Å². The molecule has 12 heavy (non-hydrogen) atoms. The predicted octanol–water partition coefficient (Wildman–Crippen LogP) is 1.04. The molecule has 1 rings (SSSR count). The zero-order chi connectivity index (χ0) is 8.97. The molecule has 1 aromatic rings. The van der Waals surface area contributed by atoms with E-state index in [0.29, 0.717) is 5.19 Å². The Balaban J connectivity index is 2.52. The number of hydrogen-bond donors (Lipinski definition) is 1. The molecule has 0 spiro atoms. The minimum Gasteiger partial charge on any atom is -0.466 e. The first-order chi connectivity index (χ1) is 5.72. The van der Waals surface area contributed by atoms with Crippen molar-refractivity contribution in [3.8, 4) is 5.19 Å². The maximum atomic E-state index is 5.36. The topological polar surface area (TPSA) is 47.0 Å². The van der Waals surface area contributed by atoms with Gasteiger partial charge in [0.1, 0.15) is 5.01 Å². The molecule has 0 saturated carbocycles. The van der Waals surface area contributed by atoms with Crippen molar-refractivity contribution in [1.29, 1.82) is 0 Å².